The third-order valence-corrected chi connectivity index (χ3v) is 3.69. The summed E-state index contributed by atoms with van der Waals surface area (Å²) in [7, 11) is 0. The maximum Gasteiger partial charge on any atom is 0.277 e. The van der Waals surface area contributed by atoms with Crippen LogP contribution in [0.1, 0.15) is 30.5 Å². The fourth-order valence-corrected chi connectivity index (χ4v) is 2.46. The van der Waals surface area contributed by atoms with E-state index in [0.29, 0.717) is 0 Å². The largest absolute Gasteiger partial charge is 0.350 e. The Kier molecular flexibility index (Phi) is 6.86. The summed E-state index contributed by atoms with van der Waals surface area (Å²) in [6.45, 7) is -0.250. The molecule has 3 N–H and O–H groups in total. The SMILES string of the molecule is CC(=O)N1C=Cc2ccccc2C1CC(=O)NCC(F)(F)CN.Cl. The molecular weight excluding hydrogens is 340 g/mol. The van der Waals surface area contributed by atoms with Crippen LogP contribution in [0.25, 0.3) is 6.08 Å². The molecule has 0 bridgehead atoms. The van der Waals surface area contributed by atoms with Gasteiger partial charge in [0.15, 0.2) is 0 Å². The molecule has 1 unspecified atom stereocenters. The second kappa shape index (κ2) is 8.21. The Bertz CT molecular complexity index is 638. The maximum absolute atomic E-state index is 13.1. The van der Waals surface area contributed by atoms with Crippen LogP contribution in [0, 0.1) is 0 Å². The summed E-state index contributed by atoms with van der Waals surface area (Å²) in [5.74, 6) is -3.92. The third kappa shape index (κ3) is 4.75. The first-order valence-corrected chi connectivity index (χ1v) is 7.24. The number of halogens is 3. The van der Waals surface area contributed by atoms with Crippen LogP contribution in [0.4, 0.5) is 8.78 Å². The highest BCUT2D eigenvalue weighted by Gasteiger charge is 2.30. The van der Waals surface area contributed by atoms with Gasteiger partial charge in [-0.15, -0.1) is 12.4 Å². The van der Waals surface area contributed by atoms with Crippen LogP contribution in [-0.2, 0) is 9.59 Å². The standard InChI is InChI=1S/C16H19F2N3O2.ClH/c1-11(22)21-7-6-12-4-2-3-5-13(12)14(21)8-15(23)20-10-16(17,18)9-19;/h2-7,14H,8-10,19H2,1H3,(H,20,23);1H. The summed E-state index contributed by atoms with van der Waals surface area (Å²) in [4.78, 5) is 25.2. The number of carbonyl (C=O) groups is 2. The molecule has 0 fully saturated rings. The van der Waals surface area contributed by atoms with Crippen molar-refractivity contribution in [2.24, 2.45) is 5.73 Å². The van der Waals surface area contributed by atoms with Crippen molar-refractivity contribution in [3.63, 3.8) is 0 Å². The molecule has 5 nitrogen and oxygen atoms in total. The smallest absolute Gasteiger partial charge is 0.277 e. The number of benzene rings is 1. The molecular formula is C16H20ClF2N3O2. The molecule has 24 heavy (non-hydrogen) atoms. The molecule has 0 spiro atoms. The Morgan fingerprint density at radius 1 is 1.33 bits per heavy atom. The second-order valence-electron chi connectivity index (χ2n) is 5.43. The number of carbonyl (C=O) groups excluding carboxylic acids is 2. The number of hydrogen-bond acceptors (Lipinski definition) is 3. The molecule has 1 atom stereocenters. The first-order chi connectivity index (χ1) is 10.8. The monoisotopic (exact) mass is 359 g/mol. The van der Waals surface area contributed by atoms with Gasteiger partial charge < -0.3 is 16.0 Å². The van der Waals surface area contributed by atoms with E-state index in [1.165, 1.54) is 11.8 Å². The van der Waals surface area contributed by atoms with E-state index in [-0.39, 0.29) is 24.7 Å². The van der Waals surface area contributed by atoms with Gasteiger partial charge in [-0.3, -0.25) is 9.59 Å². The summed E-state index contributed by atoms with van der Waals surface area (Å²) in [6.07, 6.45) is 3.30. The molecule has 0 saturated heterocycles. The number of fused-ring (bicyclic) bond motifs is 1. The maximum atomic E-state index is 13.1. The average Bonchev–Trinajstić information content (AvgIpc) is 2.53. The molecule has 0 saturated carbocycles. The van der Waals surface area contributed by atoms with Crippen LogP contribution in [-0.4, -0.2) is 35.7 Å². The third-order valence-electron chi connectivity index (χ3n) is 3.69. The lowest BCUT2D eigenvalue weighted by Gasteiger charge is -2.32. The van der Waals surface area contributed by atoms with Crippen molar-refractivity contribution < 1.29 is 18.4 Å². The first-order valence-electron chi connectivity index (χ1n) is 7.24. The molecule has 0 radical (unpaired) electrons. The van der Waals surface area contributed by atoms with Crippen molar-refractivity contribution in [2.75, 3.05) is 13.1 Å². The van der Waals surface area contributed by atoms with Gasteiger partial charge >= 0.3 is 0 Å². The van der Waals surface area contributed by atoms with E-state index in [4.69, 9.17) is 5.73 Å². The van der Waals surface area contributed by atoms with E-state index in [0.717, 1.165) is 11.1 Å². The van der Waals surface area contributed by atoms with Gasteiger partial charge in [-0.05, 0) is 17.2 Å². The Morgan fingerprint density at radius 2 is 2.00 bits per heavy atom. The molecule has 1 aromatic rings. The molecule has 0 aliphatic carbocycles. The van der Waals surface area contributed by atoms with Gasteiger partial charge in [0.25, 0.3) is 5.92 Å². The lowest BCUT2D eigenvalue weighted by molar-refractivity contribution is -0.130. The van der Waals surface area contributed by atoms with Gasteiger partial charge in [-0.25, -0.2) is 8.78 Å². The number of nitrogens with two attached hydrogens (primary N) is 1. The van der Waals surface area contributed by atoms with Crippen molar-refractivity contribution in [1.29, 1.82) is 0 Å². The summed E-state index contributed by atoms with van der Waals surface area (Å²) in [5, 5.41) is 2.18. The molecule has 1 aromatic carbocycles. The number of nitrogens with zero attached hydrogens (tertiary/aromatic N) is 1. The van der Waals surface area contributed by atoms with E-state index in [1.807, 2.05) is 24.3 Å². The fraction of sp³-hybridized carbons (Fsp3) is 0.375. The average molecular weight is 360 g/mol. The quantitative estimate of drug-likeness (QED) is 0.845. The van der Waals surface area contributed by atoms with Gasteiger partial charge in [0.1, 0.15) is 0 Å². The van der Waals surface area contributed by atoms with Crippen molar-refractivity contribution in [2.45, 2.75) is 25.3 Å². The fourth-order valence-electron chi connectivity index (χ4n) is 2.46. The molecule has 1 aliphatic heterocycles. The number of hydrogen-bond donors (Lipinski definition) is 2. The molecule has 132 valence electrons. The number of rotatable bonds is 5. The highest BCUT2D eigenvalue weighted by Crippen LogP contribution is 2.32. The van der Waals surface area contributed by atoms with Crippen molar-refractivity contribution >= 4 is 30.3 Å². The van der Waals surface area contributed by atoms with Crippen molar-refractivity contribution in [3.8, 4) is 0 Å². The van der Waals surface area contributed by atoms with Gasteiger partial charge in [0.2, 0.25) is 11.8 Å². The Balaban J connectivity index is 0.00000288. The topological polar surface area (TPSA) is 75.4 Å². The van der Waals surface area contributed by atoms with E-state index >= 15 is 0 Å². The number of nitrogens with one attached hydrogen (secondary N) is 1. The molecule has 0 aromatic heterocycles. The summed E-state index contributed by atoms with van der Waals surface area (Å²) in [6, 6.07) is 6.84. The zero-order valence-electron chi connectivity index (χ0n) is 13.2. The van der Waals surface area contributed by atoms with E-state index < -0.39 is 31.0 Å². The predicted octanol–water partition coefficient (Wildman–Crippen LogP) is 2.08. The lowest BCUT2D eigenvalue weighted by atomic mass is 9.93. The minimum Gasteiger partial charge on any atom is -0.350 e. The van der Waals surface area contributed by atoms with Crippen LogP contribution in [0.15, 0.2) is 30.5 Å². The van der Waals surface area contributed by atoms with E-state index in [1.54, 1.807) is 12.3 Å². The van der Waals surface area contributed by atoms with Crippen LogP contribution < -0.4 is 11.1 Å². The first kappa shape index (κ1) is 20.1. The zero-order chi connectivity index (χ0) is 17.0. The summed E-state index contributed by atoms with van der Waals surface area (Å²) >= 11 is 0. The lowest BCUT2D eigenvalue weighted by Crippen LogP contribution is -2.43. The molecule has 2 rings (SSSR count). The normalized spacial score (nSPS) is 16.2. The predicted molar refractivity (Wildman–Crippen MR) is 89.6 cm³/mol. The van der Waals surface area contributed by atoms with Crippen LogP contribution in [0.5, 0.6) is 0 Å². The van der Waals surface area contributed by atoms with Crippen LogP contribution >= 0.6 is 12.4 Å². The van der Waals surface area contributed by atoms with Gasteiger partial charge in [0, 0.05) is 13.1 Å². The molecule has 8 heteroatoms. The minimum atomic E-state index is -3.14. The van der Waals surface area contributed by atoms with Crippen LogP contribution in [0.2, 0.25) is 0 Å². The molecule has 1 heterocycles. The van der Waals surface area contributed by atoms with Crippen molar-refractivity contribution in [1.82, 2.24) is 10.2 Å². The van der Waals surface area contributed by atoms with Gasteiger partial charge in [0.05, 0.1) is 25.6 Å². The van der Waals surface area contributed by atoms with Gasteiger partial charge in [-0.1, -0.05) is 24.3 Å². The van der Waals surface area contributed by atoms with Gasteiger partial charge in [-0.2, -0.15) is 0 Å². The highest BCUT2D eigenvalue weighted by atomic mass is 35.5. The summed E-state index contributed by atoms with van der Waals surface area (Å²) in [5.41, 5.74) is 6.65. The second-order valence-corrected chi connectivity index (χ2v) is 5.43. The Labute approximate surface area is 145 Å². The number of amides is 2. The Hall–Kier alpha value is -1.99. The molecule has 2 amide bonds. The van der Waals surface area contributed by atoms with Crippen LogP contribution in [0.3, 0.4) is 0 Å². The zero-order valence-corrected chi connectivity index (χ0v) is 14.0. The highest BCUT2D eigenvalue weighted by molar-refractivity contribution is 5.85. The van der Waals surface area contributed by atoms with Crippen molar-refractivity contribution in [3.05, 3.63) is 41.6 Å². The summed E-state index contributed by atoms with van der Waals surface area (Å²) < 4.78 is 26.2. The van der Waals surface area contributed by atoms with E-state index in [9.17, 15) is 18.4 Å². The minimum absolute atomic E-state index is 0. The Morgan fingerprint density at radius 3 is 2.62 bits per heavy atom. The number of alkyl halides is 2. The molecule has 1 aliphatic rings. The van der Waals surface area contributed by atoms with E-state index in [2.05, 4.69) is 5.32 Å².